The number of methoxy groups -OCH3 is 1. The standard InChI is InChI=1S/C20H31N3O4S/c1-3-17-7-4-5-8-19(17)28(25,26)23-11-6-10-21(13-14-23)18-9-12-22(20(18)24)15-16-27-2/h4-5,7-8,18H,3,6,9-16H2,1-2H3/t18-/m1/s1. The van der Waals surface area contributed by atoms with Crippen molar-refractivity contribution < 1.29 is 17.9 Å². The topological polar surface area (TPSA) is 70.2 Å². The van der Waals surface area contributed by atoms with Crippen molar-refractivity contribution in [3.8, 4) is 0 Å². The van der Waals surface area contributed by atoms with Crippen molar-refractivity contribution >= 4 is 15.9 Å². The average molecular weight is 410 g/mol. The Hall–Kier alpha value is -1.48. The number of sulfonamides is 1. The van der Waals surface area contributed by atoms with E-state index < -0.39 is 10.0 Å². The normalized spacial score (nSPS) is 22.6. The summed E-state index contributed by atoms with van der Waals surface area (Å²) < 4.78 is 33.1. The number of hydrogen-bond acceptors (Lipinski definition) is 5. The number of carbonyl (C=O) groups excluding carboxylic acids is 1. The molecule has 0 aromatic heterocycles. The third-order valence-electron chi connectivity index (χ3n) is 5.74. The summed E-state index contributed by atoms with van der Waals surface area (Å²) in [4.78, 5) is 17.1. The van der Waals surface area contributed by atoms with Gasteiger partial charge in [-0.25, -0.2) is 8.42 Å². The molecular weight excluding hydrogens is 378 g/mol. The highest BCUT2D eigenvalue weighted by Crippen LogP contribution is 2.24. The van der Waals surface area contributed by atoms with Gasteiger partial charge in [-0.2, -0.15) is 4.31 Å². The molecule has 1 amide bonds. The van der Waals surface area contributed by atoms with Crippen LogP contribution >= 0.6 is 0 Å². The molecule has 0 unspecified atom stereocenters. The maximum atomic E-state index is 13.2. The van der Waals surface area contributed by atoms with Gasteiger partial charge in [-0.05, 0) is 30.9 Å². The molecule has 0 radical (unpaired) electrons. The SMILES string of the molecule is CCc1ccccc1S(=O)(=O)N1CCCN([C@@H]2CCN(CCOC)C2=O)CC1. The van der Waals surface area contributed by atoms with Crippen molar-refractivity contribution in [1.29, 1.82) is 0 Å². The fourth-order valence-electron chi connectivity index (χ4n) is 4.14. The van der Waals surface area contributed by atoms with E-state index in [4.69, 9.17) is 4.74 Å². The number of hydrogen-bond donors (Lipinski definition) is 0. The smallest absolute Gasteiger partial charge is 0.243 e. The molecule has 0 saturated carbocycles. The first-order valence-electron chi connectivity index (χ1n) is 10.1. The number of ether oxygens (including phenoxy) is 1. The fraction of sp³-hybridized carbons (Fsp3) is 0.650. The van der Waals surface area contributed by atoms with Crippen molar-refractivity contribution in [1.82, 2.24) is 14.1 Å². The summed E-state index contributed by atoms with van der Waals surface area (Å²) in [6.07, 6.45) is 2.21. The first-order chi connectivity index (χ1) is 13.5. The Bertz CT molecular complexity index is 783. The maximum absolute atomic E-state index is 13.2. The molecule has 2 fully saturated rings. The first-order valence-corrected chi connectivity index (χ1v) is 11.5. The molecule has 0 bridgehead atoms. The second-order valence-corrected chi connectivity index (χ2v) is 9.28. The largest absolute Gasteiger partial charge is 0.383 e. The molecule has 2 saturated heterocycles. The van der Waals surface area contributed by atoms with Crippen LogP contribution in [0.3, 0.4) is 0 Å². The molecule has 7 nitrogen and oxygen atoms in total. The summed E-state index contributed by atoms with van der Waals surface area (Å²) in [6.45, 7) is 6.12. The van der Waals surface area contributed by atoms with Crippen LogP contribution < -0.4 is 0 Å². The van der Waals surface area contributed by atoms with Gasteiger partial charge in [0.05, 0.1) is 17.5 Å². The van der Waals surface area contributed by atoms with E-state index in [1.165, 1.54) is 0 Å². The van der Waals surface area contributed by atoms with Gasteiger partial charge >= 0.3 is 0 Å². The average Bonchev–Trinajstić information content (AvgIpc) is 2.91. The van der Waals surface area contributed by atoms with Gasteiger partial charge in [0.2, 0.25) is 15.9 Å². The van der Waals surface area contributed by atoms with E-state index in [-0.39, 0.29) is 11.9 Å². The number of likely N-dealkylation sites (tertiary alicyclic amines) is 1. The molecule has 1 aromatic carbocycles. The van der Waals surface area contributed by atoms with Crippen molar-refractivity contribution in [2.75, 3.05) is 53.0 Å². The number of benzene rings is 1. The van der Waals surface area contributed by atoms with Crippen LogP contribution in [0.4, 0.5) is 0 Å². The molecule has 2 heterocycles. The Kier molecular flexibility index (Phi) is 7.09. The van der Waals surface area contributed by atoms with Crippen LogP contribution in [0.25, 0.3) is 0 Å². The Morgan fingerprint density at radius 2 is 1.89 bits per heavy atom. The van der Waals surface area contributed by atoms with E-state index in [0.717, 1.165) is 31.5 Å². The minimum Gasteiger partial charge on any atom is -0.383 e. The zero-order valence-electron chi connectivity index (χ0n) is 16.8. The van der Waals surface area contributed by atoms with E-state index in [0.29, 0.717) is 44.1 Å². The third kappa shape index (κ3) is 4.40. The van der Waals surface area contributed by atoms with Crippen LogP contribution in [0.15, 0.2) is 29.2 Å². The maximum Gasteiger partial charge on any atom is 0.243 e. The third-order valence-corrected chi connectivity index (χ3v) is 7.74. The van der Waals surface area contributed by atoms with Crippen LogP contribution in [-0.2, 0) is 26.0 Å². The zero-order valence-corrected chi connectivity index (χ0v) is 17.7. The predicted molar refractivity (Wildman–Crippen MR) is 108 cm³/mol. The van der Waals surface area contributed by atoms with Crippen LogP contribution in [0.1, 0.15) is 25.3 Å². The second kappa shape index (κ2) is 9.35. The molecule has 156 valence electrons. The van der Waals surface area contributed by atoms with Gasteiger partial charge in [0.15, 0.2) is 0 Å². The predicted octanol–water partition coefficient (Wildman–Crippen LogP) is 1.19. The summed E-state index contributed by atoms with van der Waals surface area (Å²) in [5.74, 6) is 0.143. The Balaban J connectivity index is 1.67. The lowest BCUT2D eigenvalue weighted by Crippen LogP contribution is -2.44. The summed E-state index contributed by atoms with van der Waals surface area (Å²) >= 11 is 0. The molecule has 28 heavy (non-hydrogen) atoms. The molecular formula is C20H31N3O4S. The van der Waals surface area contributed by atoms with Crippen molar-refractivity contribution in [3.63, 3.8) is 0 Å². The molecule has 8 heteroatoms. The Morgan fingerprint density at radius 1 is 1.11 bits per heavy atom. The van der Waals surface area contributed by atoms with E-state index >= 15 is 0 Å². The van der Waals surface area contributed by atoms with E-state index in [9.17, 15) is 13.2 Å². The van der Waals surface area contributed by atoms with Crippen LogP contribution in [0, 0.1) is 0 Å². The Labute approximate surface area is 168 Å². The highest BCUT2D eigenvalue weighted by molar-refractivity contribution is 7.89. The lowest BCUT2D eigenvalue weighted by Gasteiger charge is -2.26. The van der Waals surface area contributed by atoms with Gasteiger partial charge in [0, 0.05) is 46.4 Å². The minimum absolute atomic E-state index is 0.137. The van der Waals surface area contributed by atoms with Crippen LogP contribution in [-0.4, -0.2) is 87.5 Å². The highest BCUT2D eigenvalue weighted by Gasteiger charge is 2.37. The molecule has 2 aliphatic heterocycles. The summed E-state index contributed by atoms with van der Waals surface area (Å²) in [5.41, 5.74) is 0.850. The lowest BCUT2D eigenvalue weighted by atomic mass is 10.2. The number of nitrogens with zero attached hydrogens (tertiary/aromatic N) is 3. The summed E-state index contributed by atoms with van der Waals surface area (Å²) in [6, 6.07) is 7.10. The van der Waals surface area contributed by atoms with Gasteiger partial charge in [0.1, 0.15) is 0 Å². The first kappa shape index (κ1) is 21.2. The highest BCUT2D eigenvalue weighted by atomic mass is 32.2. The second-order valence-electron chi connectivity index (χ2n) is 7.38. The fourth-order valence-corrected chi connectivity index (χ4v) is 5.90. The summed E-state index contributed by atoms with van der Waals surface area (Å²) in [7, 11) is -1.88. The van der Waals surface area contributed by atoms with Crippen molar-refractivity contribution in [2.45, 2.75) is 37.1 Å². The monoisotopic (exact) mass is 409 g/mol. The Morgan fingerprint density at radius 3 is 2.64 bits per heavy atom. The van der Waals surface area contributed by atoms with Gasteiger partial charge in [0.25, 0.3) is 0 Å². The number of amides is 1. The molecule has 0 N–H and O–H groups in total. The van der Waals surface area contributed by atoms with Gasteiger partial charge in [-0.15, -0.1) is 0 Å². The molecule has 1 aromatic rings. The van der Waals surface area contributed by atoms with Crippen molar-refractivity contribution in [3.05, 3.63) is 29.8 Å². The van der Waals surface area contributed by atoms with E-state index in [1.807, 2.05) is 24.0 Å². The van der Waals surface area contributed by atoms with Gasteiger partial charge in [-0.3, -0.25) is 9.69 Å². The zero-order chi connectivity index (χ0) is 20.1. The molecule has 2 aliphatic rings. The summed E-state index contributed by atoms with van der Waals surface area (Å²) in [5, 5.41) is 0. The van der Waals surface area contributed by atoms with E-state index in [1.54, 1.807) is 23.5 Å². The molecule has 1 atom stereocenters. The lowest BCUT2D eigenvalue weighted by molar-refractivity contribution is -0.132. The van der Waals surface area contributed by atoms with Gasteiger partial charge in [-0.1, -0.05) is 25.1 Å². The van der Waals surface area contributed by atoms with Crippen LogP contribution in [0.5, 0.6) is 0 Å². The van der Waals surface area contributed by atoms with Crippen LogP contribution in [0.2, 0.25) is 0 Å². The van der Waals surface area contributed by atoms with Gasteiger partial charge < -0.3 is 9.64 Å². The van der Waals surface area contributed by atoms with E-state index in [2.05, 4.69) is 4.90 Å². The number of aryl methyl sites for hydroxylation is 1. The molecule has 0 aliphatic carbocycles. The molecule has 3 rings (SSSR count). The van der Waals surface area contributed by atoms with Crippen molar-refractivity contribution in [2.24, 2.45) is 0 Å². The number of carbonyl (C=O) groups is 1. The quantitative estimate of drug-likeness (QED) is 0.677. The minimum atomic E-state index is -3.52. The molecule has 0 spiro atoms. The number of rotatable bonds is 7.